The third-order valence-electron chi connectivity index (χ3n) is 5.64. The van der Waals surface area contributed by atoms with E-state index in [2.05, 4.69) is 0 Å². The molecule has 0 aliphatic carbocycles. The zero-order valence-corrected chi connectivity index (χ0v) is 19.3. The lowest BCUT2D eigenvalue weighted by atomic mass is 9.96. The van der Waals surface area contributed by atoms with Gasteiger partial charge in [-0.2, -0.15) is 0 Å². The summed E-state index contributed by atoms with van der Waals surface area (Å²) in [5, 5.41) is 21.9. The minimum Gasteiger partial charge on any atom is -0.507 e. The lowest BCUT2D eigenvalue weighted by Gasteiger charge is -2.17. The van der Waals surface area contributed by atoms with Crippen LogP contribution >= 0.6 is 0 Å². The Morgan fingerprint density at radius 3 is 2.21 bits per heavy atom. The molecule has 0 amide bonds. The van der Waals surface area contributed by atoms with Crippen molar-refractivity contribution in [3.05, 3.63) is 65.2 Å². The average Bonchev–Trinajstić information content (AvgIpc) is 2.79. The Labute approximate surface area is 193 Å². The van der Waals surface area contributed by atoms with Gasteiger partial charge in [-0.1, -0.05) is 37.6 Å². The topological polar surface area (TPSA) is 93.1 Å². The van der Waals surface area contributed by atoms with Crippen LogP contribution in [0.2, 0.25) is 0 Å². The fourth-order valence-electron chi connectivity index (χ4n) is 3.79. The first-order valence-electron chi connectivity index (χ1n) is 11.2. The smallest absolute Gasteiger partial charge is 0.310 e. The second-order valence-electron chi connectivity index (χ2n) is 8.09. The molecule has 0 saturated heterocycles. The number of hydrogen-bond donors (Lipinski definition) is 2. The quantitative estimate of drug-likeness (QED) is 0.286. The highest BCUT2D eigenvalue weighted by molar-refractivity contribution is 5.97. The van der Waals surface area contributed by atoms with E-state index in [-0.39, 0.29) is 11.5 Å². The summed E-state index contributed by atoms with van der Waals surface area (Å²) >= 11 is 0. The van der Waals surface area contributed by atoms with E-state index in [0.717, 1.165) is 17.2 Å². The summed E-state index contributed by atoms with van der Waals surface area (Å²) in [6.45, 7) is 5.77. The largest absolute Gasteiger partial charge is 0.507 e. The third kappa shape index (κ3) is 5.64. The molecule has 0 aromatic heterocycles. The van der Waals surface area contributed by atoms with Crippen LogP contribution in [0.4, 0.5) is 0 Å². The lowest BCUT2D eigenvalue weighted by molar-refractivity contribution is -0.138. The second-order valence-corrected chi connectivity index (χ2v) is 8.09. The number of benzene rings is 3. The Morgan fingerprint density at radius 2 is 1.61 bits per heavy atom. The number of fused-ring (bicyclic) bond motifs is 1. The van der Waals surface area contributed by atoms with E-state index in [9.17, 15) is 19.8 Å². The van der Waals surface area contributed by atoms with Crippen molar-refractivity contribution in [3.8, 4) is 17.2 Å². The molecule has 0 bridgehead atoms. The van der Waals surface area contributed by atoms with E-state index in [0.29, 0.717) is 54.2 Å². The molecule has 2 N–H and O–H groups in total. The number of ether oxygens (including phenoxy) is 2. The van der Waals surface area contributed by atoms with Crippen molar-refractivity contribution in [1.29, 1.82) is 0 Å². The predicted octanol–water partition coefficient (Wildman–Crippen LogP) is 5.74. The van der Waals surface area contributed by atoms with E-state index in [4.69, 9.17) is 9.47 Å². The number of carbonyl (C=O) groups is 2. The molecule has 3 aromatic rings. The number of carboxylic acids is 1. The number of Topliss-reactive ketones (excluding diaryl/α,β-unsaturated/α-hetero) is 1. The number of aromatic hydroxyl groups is 1. The normalized spacial score (nSPS) is 11.8. The highest BCUT2D eigenvalue weighted by atomic mass is 16.5. The Bertz CT molecular complexity index is 1150. The maximum atomic E-state index is 11.7. The summed E-state index contributed by atoms with van der Waals surface area (Å²) in [5.74, 6) is -0.687. The van der Waals surface area contributed by atoms with Crippen molar-refractivity contribution in [3.63, 3.8) is 0 Å². The molecule has 0 aliphatic heterocycles. The molecule has 0 heterocycles. The van der Waals surface area contributed by atoms with Gasteiger partial charge in [-0.05, 0) is 55.3 Å². The number of hydrogen-bond acceptors (Lipinski definition) is 5. The number of phenolic OH excluding ortho intramolecular Hbond substituents is 1. The van der Waals surface area contributed by atoms with Gasteiger partial charge in [0.15, 0.2) is 5.78 Å². The molecule has 1 unspecified atom stereocenters. The zero-order chi connectivity index (χ0) is 24.0. The molecule has 174 valence electrons. The van der Waals surface area contributed by atoms with Gasteiger partial charge < -0.3 is 19.7 Å². The van der Waals surface area contributed by atoms with E-state index < -0.39 is 11.9 Å². The molecule has 0 spiro atoms. The highest BCUT2D eigenvalue weighted by Gasteiger charge is 2.20. The van der Waals surface area contributed by atoms with Crippen LogP contribution in [0.5, 0.6) is 17.2 Å². The molecular formula is C27H30O6. The first kappa shape index (κ1) is 24.1. The molecule has 33 heavy (non-hydrogen) atoms. The Balaban J connectivity index is 1.68. The van der Waals surface area contributed by atoms with Crippen LogP contribution in [-0.4, -0.2) is 35.2 Å². The zero-order valence-electron chi connectivity index (χ0n) is 19.3. The molecule has 0 radical (unpaired) electrons. The third-order valence-corrected chi connectivity index (χ3v) is 5.64. The first-order chi connectivity index (χ1) is 15.8. The number of carboxylic acid groups (broad SMARTS) is 1. The number of rotatable bonds is 11. The molecule has 0 saturated carbocycles. The second kappa shape index (κ2) is 10.9. The van der Waals surface area contributed by atoms with E-state index in [1.54, 1.807) is 19.1 Å². The summed E-state index contributed by atoms with van der Waals surface area (Å²) in [6, 6.07) is 14.8. The van der Waals surface area contributed by atoms with Gasteiger partial charge in [-0.15, -0.1) is 0 Å². The van der Waals surface area contributed by atoms with Gasteiger partial charge in [-0.3, -0.25) is 9.59 Å². The van der Waals surface area contributed by atoms with Crippen LogP contribution in [0.1, 0.15) is 61.0 Å². The van der Waals surface area contributed by atoms with Crippen molar-refractivity contribution in [2.24, 2.45) is 0 Å². The van der Waals surface area contributed by atoms with Crippen LogP contribution in [0.3, 0.4) is 0 Å². The molecule has 0 fully saturated rings. The van der Waals surface area contributed by atoms with E-state index in [1.807, 2.05) is 43.3 Å². The molecule has 6 nitrogen and oxygen atoms in total. The van der Waals surface area contributed by atoms with Gasteiger partial charge in [-0.25, -0.2) is 0 Å². The maximum absolute atomic E-state index is 11.7. The van der Waals surface area contributed by atoms with Crippen LogP contribution in [0, 0.1) is 0 Å². The average molecular weight is 451 g/mol. The number of carbonyl (C=O) groups excluding carboxylic acids is 1. The number of aliphatic carboxylic acids is 1. The minimum atomic E-state index is -0.907. The van der Waals surface area contributed by atoms with Crippen molar-refractivity contribution in [1.82, 2.24) is 0 Å². The first-order valence-corrected chi connectivity index (χ1v) is 11.2. The van der Waals surface area contributed by atoms with Crippen molar-refractivity contribution in [2.45, 2.75) is 46.0 Å². The molecule has 0 aliphatic rings. The standard InChI is InChI=1S/C27H30O6/c1-4-8-22-24(12-11-21(18(3)28)26(22)29)32-13-7-14-33-25-16-20-10-6-5-9-19(20)15-23(25)17(2)27(30)31/h5-6,9-12,15-17,29H,4,7-8,13-14H2,1-3H3,(H,30,31). The van der Waals surface area contributed by atoms with Gasteiger partial charge in [0, 0.05) is 17.5 Å². The number of ketones is 1. The van der Waals surface area contributed by atoms with Gasteiger partial charge in [0.1, 0.15) is 17.2 Å². The Kier molecular flexibility index (Phi) is 7.93. The number of phenols is 1. The van der Waals surface area contributed by atoms with Crippen LogP contribution in [-0.2, 0) is 11.2 Å². The fourth-order valence-corrected chi connectivity index (χ4v) is 3.79. The monoisotopic (exact) mass is 450 g/mol. The van der Waals surface area contributed by atoms with Crippen LogP contribution in [0.25, 0.3) is 10.8 Å². The summed E-state index contributed by atoms with van der Waals surface area (Å²) in [7, 11) is 0. The Hall–Kier alpha value is -3.54. The molecule has 3 rings (SSSR count). The summed E-state index contributed by atoms with van der Waals surface area (Å²) in [4.78, 5) is 23.3. The van der Waals surface area contributed by atoms with Crippen LogP contribution < -0.4 is 9.47 Å². The van der Waals surface area contributed by atoms with E-state index >= 15 is 0 Å². The summed E-state index contributed by atoms with van der Waals surface area (Å²) in [6.07, 6.45) is 1.97. The molecule has 1 atom stereocenters. The summed E-state index contributed by atoms with van der Waals surface area (Å²) in [5.41, 5.74) is 1.57. The van der Waals surface area contributed by atoms with Crippen LogP contribution in [0.15, 0.2) is 48.5 Å². The lowest BCUT2D eigenvalue weighted by Crippen LogP contribution is -2.11. The van der Waals surface area contributed by atoms with Gasteiger partial charge in [0.05, 0.1) is 24.7 Å². The molecule has 3 aromatic carbocycles. The van der Waals surface area contributed by atoms with Crippen molar-refractivity contribution in [2.75, 3.05) is 13.2 Å². The molecule has 6 heteroatoms. The molecular weight excluding hydrogens is 420 g/mol. The maximum Gasteiger partial charge on any atom is 0.310 e. The van der Waals surface area contributed by atoms with E-state index in [1.165, 1.54) is 6.92 Å². The van der Waals surface area contributed by atoms with Gasteiger partial charge in [0.25, 0.3) is 0 Å². The van der Waals surface area contributed by atoms with Gasteiger partial charge >= 0.3 is 5.97 Å². The van der Waals surface area contributed by atoms with Crippen molar-refractivity contribution >= 4 is 22.5 Å². The van der Waals surface area contributed by atoms with Crippen molar-refractivity contribution < 1.29 is 29.3 Å². The fraction of sp³-hybridized carbons (Fsp3) is 0.333. The Morgan fingerprint density at radius 1 is 0.970 bits per heavy atom. The summed E-state index contributed by atoms with van der Waals surface area (Å²) < 4.78 is 11.9. The predicted molar refractivity (Wildman–Crippen MR) is 128 cm³/mol. The SMILES string of the molecule is CCCc1c(OCCCOc2cc3ccccc3cc2C(C)C(=O)O)ccc(C(C)=O)c1O. The minimum absolute atomic E-state index is 0.0124. The highest BCUT2D eigenvalue weighted by Crippen LogP contribution is 2.34. The van der Waals surface area contributed by atoms with Gasteiger partial charge in [0.2, 0.25) is 0 Å².